The van der Waals surface area contributed by atoms with Crippen LogP contribution in [0.25, 0.3) is 0 Å². The first-order chi connectivity index (χ1) is 10.6. The molecule has 2 atom stereocenters. The Labute approximate surface area is 142 Å². The van der Waals surface area contributed by atoms with Gasteiger partial charge in [-0.25, -0.2) is 4.98 Å². The Hall–Kier alpha value is -1.60. The molecule has 2 unspecified atom stereocenters. The summed E-state index contributed by atoms with van der Waals surface area (Å²) in [4.78, 5) is 32.9. The monoisotopic (exact) mass is 341 g/mol. The summed E-state index contributed by atoms with van der Waals surface area (Å²) in [5.74, 6) is 0.842. The van der Waals surface area contributed by atoms with E-state index in [2.05, 4.69) is 10.3 Å². The van der Waals surface area contributed by atoms with Crippen molar-refractivity contribution in [1.29, 1.82) is 0 Å². The van der Waals surface area contributed by atoms with Crippen molar-refractivity contribution in [1.82, 2.24) is 24.7 Å². The van der Waals surface area contributed by atoms with Crippen LogP contribution >= 0.6 is 12.4 Å². The molecule has 0 spiro atoms. The Kier molecular flexibility index (Phi) is 5.64. The summed E-state index contributed by atoms with van der Waals surface area (Å²) in [5.41, 5.74) is 0. The molecule has 2 amide bonds. The van der Waals surface area contributed by atoms with E-state index >= 15 is 0 Å². The van der Waals surface area contributed by atoms with Crippen molar-refractivity contribution in [3.8, 4) is 0 Å². The van der Waals surface area contributed by atoms with Gasteiger partial charge >= 0.3 is 0 Å². The number of halogens is 1. The van der Waals surface area contributed by atoms with Crippen molar-refractivity contribution in [3.05, 3.63) is 18.2 Å². The number of imidazole rings is 1. The van der Waals surface area contributed by atoms with Gasteiger partial charge in [-0.05, 0) is 6.92 Å². The predicted octanol–water partition coefficient (Wildman–Crippen LogP) is 0.183. The summed E-state index contributed by atoms with van der Waals surface area (Å²) in [6.07, 6.45) is 3.99. The summed E-state index contributed by atoms with van der Waals surface area (Å²) in [7, 11) is 1.94. The molecule has 0 aromatic carbocycles. The van der Waals surface area contributed by atoms with E-state index in [-0.39, 0.29) is 36.2 Å². The van der Waals surface area contributed by atoms with Crippen molar-refractivity contribution in [2.45, 2.75) is 19.4 Å². The Morgan fingerprint density at radius 1 is 1.48 bits per heavy atom. The number of nitrogens with zero attached hydrogens (tertiary/aromatic N) is 4. The minimum absolute atomic E-state index is 0. The third-order valence-corrected chi connectivity index (χ3v) is 4.63. The summed E-state index contributed by atoms with van der Waals surface area (Å²) < 4.78 is 1.95. The molecule has 0 aliphatic carbocycles. The zero-order chi connectivity index (χ0) is 15.7. The largest absolute Gasteiger partial charge is 0.342 e. The predicted molar refractivity (Wildman–Crippen MR) is 88.1 cm³/mol. The van der Waals surface area contributed by atoms with E-state index in [0.717, 1.165) is 12.4 Å². The minimum atomic E-state index is -0.215. The maximum Gasteiger partial charge on any atom is 0.228 e. The maximum absolute atomic E-state index is 12.9. The maximum atomic E-state index is 12.9. The van der Waals surface area contributed by atoms with Gasteiger partial charge in [-0.3, -0.25) is 9.59 Å². The average molecular weight is 342 g/mol. The molecule has 128 valence electrons. The van der Waals surface area contributed by atoms with Crippen LogP contribution < -0.4 is 5.32 Å². The van der Waals surface area contributed by atoms with Gasteiger partial charge in [-0.2, -0.15) is 0 Å². The molecule has 0 bridgehead atoms. The Balaban J connectivity index is 0.00000192. The first-order valence-corrected chi connectivity index (χ1v) is 7.88. The van der Waals surface area contributed by atoms with E-state index in [0.29, 0.717) is 32.6 Å². The zero-order valence-electron chi connectivity index (χ0n) is 13.6. The number of carbonyl (C=O) groups is 2. The number of carbonyl (C=O) groups excluding carboxylic acids is 2. The fourth-order valence-electron chi connectivity index (χ4n) is 3.37. The van der Waals surface area contributed by atoms with Gasteiger partial charge in [0.1, 0.15) is 11.9 Å². The number of nitrogens with one attached hydrogen (secondary N) is 1. The van der Waals surface area contributed by atoms with Crippen molar-refractivity contribution in [3.63, 3.8) is 0 Å². The molecule has 0 radical (unpaired) electrons. The molecule has 1 N–H and O–H groups in total. The molecule has 1 aromatic heterocycles. The SMILES string of the molecule is CCN1CC(C(=O)N2CCNCC2c2nccn2C)CC1=O.Cl. The van der Waals surface area contributed by atoms with Crippen LogP contribution in [-0.2, 0) is 16.6 Å². The van der Waals surface area contributed by atoms with Gasteiger partial charge in [0.15, 0.2) is 0 Å². The van der Waals surface area contributed by atoms with Crippen LogP contribution in [0.2, 0.25) is 0 Å². The third kappa shape index (κ3) is 3.35. The quantitative estimate of drug-likeness (QED) is 0.851. The van der Waals surface area contributed by atoms with Gasteiger partial charge in [0.25, 0.3) is 0 Å². The molecule has 2 saturated heterocycles. The second kappa shape index (κ2) is 7.31. The molecule has 1 aromatic rings. The smallest absolute Gasteiger partial charge is 0.228 e. The Bertz CT molecular complexity index is 576. The van der Waals surface area contributed by atoms with E-state index < -0.39 is 0 Å². The van der Waals surface area contributed by atoms with Gasteiger partial charge in [0.05, 0.1) is 5.92 Å². The van der Waals surface area contributed by atoms with Crippen LogP contribution in [-0.4, -0.2) is 63.9 Å². The van der Waals surface area contributed by atoms with Crippen LogP contribution in [0.5, 0.6) is 0 Å². The number of likely N-dealkylation sites (tertiary alicyclic amines) is 1. The van der Waals surface area contributed by atoms with E-state index in [1.807, 2.05) is 29.6 Å². The summed E-state index contributed by atoms with van der Waals surface area (Å²) in [6.45, 7) is 5.32. The van der Waals surface area contributed by atoms with Gasteiger partial charge < -0.3 is 19.7 Å². The van der Waals surface area contributed by atoms with Crippen LogP contribution in [0.3, 0.4) is 0 Å². The highest BCUT2D eigenvalue weighted by Gasteiger charge is 2.39. The fourth-order valence-corrected chi connectivity index (χ4v) is 3.37. The molecule has 3 rings (SSSR count). The number of piperazine rings is 1. The highest BCUT2D eigenvalue weighted by Crippen LogP contribution is 2.26. The van der Waals surface area contributed by atoms with Crippen molar-refractivity contribution >= 4 is 24.2 Å². The number of hydrogen-bond acceptors (Lipinski definition) is 4. The lowest BCUT2D eigenvalue weighted by molar-refractivity contribution is -0.139. The van der Waals surface area contributed by atoms with Gasteiger partial charge in [0, 0.05) is 58.6 Å². The molecule has 8 heteroatoms. The topological polar surface area (TPSA) is 70.5 Å². The van der Waals surface area contributed by atoms with Gasteiger partial charge in [-0.1, -0.05) is 0 Å². The third-order valence-electron chi connectivity index (χ3n) is 4.63. The van der Waals surface area contributed by atoms with Gasteiger partial charge in [0.2, 0.25) is 11.8 Å². The van der Waals surface area contributed by atoms with Crippen LogP contribution in [0.15, 0.2) is 12.4 Å². The fraction of sp³-hybridized carbons (Fsp3) is 0.667. The van der Waals surface area contributed by atoms with E-state index in [1.165, 1.54) is 0 Å². The molecule has 23 heavy (non-hydrogen) atoms. The van der Waals surface area contributed by atoms with Crippen molar-refractivity contribution in [2.75, 3.05) is 32.7 Å². The molecule has 2 aliphatic rings. The summed E-state index contributed by atoms with van der Waals surface area (Å²) >= 11 is 0. The van der Waals surface area contributed by atoms with Crippen molar-refractivity contribution < 1.29 is 9.59 Å². The minimum Gasteiger partial charge on any atom is -0.342 e. The second-order valence-electron chi connectivity index (χ2n) is 5.98. The molecule has 0 saturated carbocycles. The molecular formula is C15H24ClN5O2. The number of aryl methyl sites for hydroxylation is 1. The molecule has 2 fully saturated rings. The molecule has 2 aliphatic heterocycles. The highest BCUT2D eigenvalue weighted by atomic mass is 35.5. The van der Waals surface area contributed by atoms with Gasteiger partial charge in [-0.15, -0.1) is 12.4 Å². The average Bonchev–Trinajstić information content (AvgIpc) is 3.12. The lowest BCUT2D eigenvalue weighted by Gasteiger charge is -2.37. The zero-order valence-corrected chi connectivity index (χ0v) is 14.4. The number of aromatic nitrogens is 2. The number of amides is 2. The highest BCUT2D eigenvalue weighted by molar-refractivity contribution is 5.89. The Morgan fingerprint density at radius 3 is 2.87 bits per heavy atom. The first kappa shape index (κ1) is 17.7. The standard InChI is InChI=1S/C15H23N5O2.ClH/c1-3-19-10-11(8-13(19)21)15(22)20-7-4-16-9-12(20)14-17-5-6-18(14)2;/h5-6,11-12,16H,3-4,7-10H2,1-2H3;1H. The van der Waals surface area contributed by atoms with Crippen LogP contribution in [0.1, 0.15) is 25.2 Å². The first-order valence-electron chi connectivity index (χ1n) is 7.88. The molecule has 7 nitrogen and oxygen atoms in total. The number of hydrogen-bond donors (Lipinski definition) is 1. The van der Waals surface area contributed by atoms with Crippen LogP contribution in [0, 0.1) is 5.92 Å². The molecular weight excluding hydrogens is 318 g/mol. The lowest BCUT2D eigenvalue weighted by Crippen LogP contribution is -2.51. The Morgan fingerprint density at radius 2 is 2.26 bits per heavy atom. The second-order valence-corrected chi connectivity index (χ2v) is 5.98. The number of rotatable bonds is 3. The molecule has 3 heterocycles. The summed E-state index contributed by atoms with van der Waals surface area (Å²) in [5, 5.41) is 3.33. The van der Waals surface area contributed by atoms with E-state index in [4.69, 9.17) is 0 Å². The van der Waals surface area contributed by atoms with E-state index in [9.17, 15) is 9.59 Å². The summed E-state index contributed by atoms with van der Waals surface area (Å²) in [6, 6.07) is -0.0629. The van der Waals surface area contributed by atoms with Crippen LogP contribution in [0.4, 0.5) is 0 Å². The van der Waals surface area contributed by atoms with E-state index in [1.54, 1.807) is 11.1 Å². The lowest BCUT2D eigenvalue weighted by atomic mass is 10.0. The normalized spacial score (nSPS) is 24.7. The van der Waals surface area contributed by atoms with Crippen molar-refractivity contribution in [2.24, 2.45) is 13.0 Å².